The molecule has 2 N–H and O–H groups in total. The fourth-order valence-electron chi connectivity index (χ4n) is 3.07. The number of guanidine groups is 1. The highest BCUT2D eigenvalue weighted by atomic mass is 19.1. The van der Waals surface area contributed by atoms with Crippen LogP contribution in [0.3, 0.4) is 0 Å². The number of nitrogens with zero attached hydrogens (tertiary/aromatic N) is 3. The van der Waals surface area contributed by atoms with E-state index < -0.39 is 0 Å². The quantitative estimate of drug-likeness (QED) is 0.505. The van der Waals surface area contributed by atoms with Crippen LogP contribution < -0.4 is 10.6 Å². The van der Waals surface area contributed by atoms with Crippen molar-refractivity contribution in [2.24, 2.45) is 4.99 Å². The Balaban J connectivity index is 1.73. The summed E-state index contributed by atoms with van der Waals surface area (Å²) in [5.74, 6) is 0.447. The van der Waals surface area contributed by atoms with Gasteiger partial charge in [-0.3, -0.25) is 0 Å². The van der Waals surface area contributed by atoms with Crippen LogP contribution in [0.2, 0.25) is 0 Å². The molecule has 6 heteroatoms. The Hall–Kier alpha value is -3.15. The van der Waals surface area contributed by atoms with E-state index in [2.05, 4.69) is 27.6 Å². The summed E-state index contributed by atoms with van der Waals surface area (Å²) < 4.78 is 15.3. The number of para-hydroxylation sites is 1. The molecule has 2 aromatic carbocycles. The maximum atomic E-state index is 13.4. The van der Waals surface area contributed by atoms with E-state index in [0.717, 1.165) is 34.7 Å². The molecule has 0 unspecified atom stereocenters. The lowest BCUT2D eigenvalue weighted by Gasteiger charge is -2.12. The average molecular weight is 379 g/mol. The van der Waals surface area contributed by atoms with Crippen molar-refractivity contribution in [3.8, 4) is 5.69 Å². The van der Waals surface area contributed by atoms with E-state index in [0.29, 0.717) is 19.0 Å². The number of rotatable bonds is 6. The summed E-state index contributed by atoms with van der Waals surface area (Å²) >= 11 is 0. The first-order valence-corrected chi connectivity index (χ1v) is 9.45. The lowest BCUT2D eigenvalue weighted by Crippen LogP contribution is -2.37. The molecular formula is C22H26FN5. The molecule has 1 heterocycles. The number of hydrogen-bond acceptors (Lipinski definition) is 2. The van der Waals surface area contributed by atoms with Gasteiger partial charge < -0.3 is 10.6 Å². The molecule has 0 amide bonds. The van der Waals surface area contributed by atoms with Crippen LogP contribution in [0.4, 0.5) is 4.39 Å². The Morgan fingerprint density at radius 3 is 2.57 bits per heavy atom. The molecule has 0 saturated carbocycles. The zero-order valence-corrected chi connectivity index (χ0v) is 16.5. The van der Waals surface area contributed by atoms with E-state index in [1.807, 2.05) is 54.9 Å². The molecule has 0 spiro atoms. The van der Waals surface area contributed by atoms with Gasteiger partial charge >= 0.3 is 0 Å². The van der Waals surface area contributed by atoms with Gasteiger partial charge in [0.25, 0.3) is 0 Å². The minimum atomic E-state index is -0.245. The molecular weight excluding hydrogens is 353 g/mol. The van der Waals surface area contributed by atoms with Gasteiger partial charge in [-0.05, 0) is 50.6 Å². The third-order valence-corrected chi connectivity index (χ3v) is 4.53. The summed E-state index contributed by atoms with van der Waals surface area (Å²) in [6, 6.07) is 16.6. The van der Waals surface area contributed by atoms with Crippen LogP contribution in [0, 0.1) is 19.7 Å². The molecule has 0 saturated heterocycles. The predicted octanol–water partition coefficient (Wildman–Crippen LogP) is 3.88. The molecule has 0 radical (unpaired) electrons. The lowest BCUT2D eigenvalue weighted by atomic mass is 10.2. The fourth-order valence-corrected chi connectivity index (χ4v) is 3.07. The summed E-state index contributed by atoms with van der Waals surface area (Å²) in [6.07, 6.45) is 0. The number of halogens is 1. The Morgan fingerprint density at radius 2 is 1.86 bits per heavy atom. The second-order valence-corrected chi connectivity index (χ2v) is 6.58. The summed E-state index contributed by atoms with van der Waals surface area (Å²) in [4.78, 5) is 4.56. The third-order valence-electron chi connectivity index (χ3n) is 4.53. The van der Waals surface area contributed by atoms with Gasteiger partial charge in [-0.2, -0.15) is 5.10 Å². The number of aryl methyl sites for hydroxylation is 1. The summed E-state index contributed by atoms with van der Waals surface area (Å²) in [6.45, 7) is 7.87. The smallest absolute Gasteiger partial charge is 0.191 e. The van der Waals surface area contributed by atoms with Crippen molar-refractivity contribution in [3.63, 3.8) is 0 Å². The van der Waals surface area contributed by atoms with E-state index in [9.17, 15) is 4.39 Å². The first kappa shape index (κ1) is 19.6. The Labute approximate surface area is 165 Å². The van der Waals surface area contributed by atoms with Gasteiger partial charge in [0.15, 0.2) is 5.96 Å². The first-order chi connectivity index (χ1) is 13.6. The maximum absolute atomic E-state index is 13.4. The number of hydrogen-bond donors (Lipinski definition) is 2. The second kappa shape index (κ2) is 9.17. The minimum absolute atomic E-state index is 0.245. The zero-order chi connectivity index (χ0) is 19.9. The van der Waals surface area contributed by atoms with Gasteiger partial charge in [0.2, 0.25) is 0 Å². The molecule has 146 valence electrons. The molecule has 3 aromatic rings. The van der Waals surface area contributed by atoms with E-state index >= 15 is 0 Å². The Bertz CT molecular complexity index is 947. The molecule has 0 aliphatic rings. The largest absolute Gasteiger partial charge is 0.357 e. The van der Waals surface area contributed by atoms with Crippen molar-refractivity contribution in [1.29, 1.82) is 0 Å². The fraction of sp³-hybridized carbons (Fsp3) is 0.273. The van der Waals surface area contributed by atoms with Gasteiger partial charge in [-0.15, -0.1) is 0 Å². The highest BCUT2D eigenvalue weighted by molar-refractivity contribution is 5.79. The molecule has 0 bridgehead atoms. The van der Waals surface area contributed by atoms with Gasteiger partial charge in [-0.25, -0.2) is 14.1 Å². The summed E-state index contributed by atoms with van der Waals surface area (Å²) in [7, 11) is 0. The van der Waals surface area contributed by atoms with Crippen LogP contribution in [0.5, 0.6) is 0 Å². The van der Waals surface area contributed by atoms with E-state index in [4.69, 9.17) is 0 Å². The van der Waals surface area contributed by atoms with Gasteiger partial charge in [0.1, 0.15) is 5.82 Å². The van der Waals surface area contributed by atoms with E-state index in [1.165, 1.54) is 12.1 Å². The van der Waals surface area contributed by atoms with Crippen molar-refractivity contribution in [1.82, 2.24) is 20.4 Å². The zero-order valence-electron chi connectivity index (χ0n) is 16.5. The SMILES string of the molecule is CCNC(=NCc1cccc(F)c1)NCc1c(C)nn(-c2ccccc2)c1C. The Kier molecular flexibility index (Phi) is 6.42. The van der Waals surface area contributed by atoms with Crippen molar-refractivity contribution in [2.75, 3.05) is 6.54 Å². The van der Waals surface area contributed by atoms with Crippen molar-refractivity contribution in [2.45, 2.75) is 33.9 Å². The van der Waals surface area contributed by atoms with Crippen LogP contribution in [-0.4, -0.2) is 22.3 Å². The molecule has 1 aromatic heterocycles. The van der Waals surface area contributed by atoms with Crippen molar-refractivity contribution in [3.05, 3.63) is 82.9 Å². The first-order valence-electron chi connectivity index (χ1n) is 9.45. The number of benzene rings is 2. The van der Waals surface area contributed by atoms with Crippen LogP contribution in [-0.2, 0) is 13.1 Å². The van der Waals surface area contributed by atoms with Crippen LogP contribution in [0.1, 0.15) is 29.4 Å². The van der Waals surface area contributed by atoms with Crippen LogP contribution in [0.15, 0.2) is 59.6 Å². The Morgan fingerprint density at radius 1 is 1.07 bits per heavy atom. The molecule has 0 aliphatic heterocycles. The summed E-state index contributed by atoms with van der Waals surface area (Å²) in [5, 5.41) is 11.3. The predicted molar refractivity (Wildman–Crippen MR) is 111 cm³/mol. The average Bonchev–Trinajstić information content (AvgIpc) is 2.98. The van der Waals surface area contributed by atoms with E-state index in [1.54, 1.807) is 6.07 Å². The second-order valence-electron chi connectivity index (χ2n) is 6.58. The van der Waals surface area contributed by atoms with Crippen molar-refractivity contribution >= 4 is 5.96 Å². The monoisotopic (exact) mass is 379 g/mol. The highest BCUT2D eigenvalue weighted by Crippen LogP contribution is 2.17. The normalized spacial score (nSPS) is 11.5. The number of aromatic nitrogens is 2. The molecule has 0 atom stereocenters. The molecule has 0 fully saturated rings. The van der Waals surface area contributed by atoms with Gasteiger partial charge in [0, 0.05) is 24.3 Å². The van der Waals surface area contributed by atoms with Gasteiger partial charge in [-0.1, -0.05) is 30.3 Å². The van der Waals surface area contributed by atoms with Crippen LogP contribution in [0.25, 0.3) is 5.69 Å². The van der Waals surface area contributed by atoms with E-state index in [-0.39, 0.29) is 5.82 Å². The minimum Gasteiger partial charge on any atom is -0.357 e. The lowest BCUT2D eigenvalue weighted by molar-refractivity contribution is 0.625. The number of nitrogens with one attached hydrogen (secondary N) is 2. The third kappa shape index (κ3) is 4.76. The summed E-state index contributed by atoms with van der Waals surface area (Å²) in [5.41, 5.74) is 5.09. The number of aliphatic imine (C=N–C) groups is 1. The van der Waals surface area contributed by atoms with Gasteiger partial charge in [0.05, 0.1) is 17.9 Å². The van der Waals surface area contributed by atoms with Crippen LogP contribution >= 0.6 is 0 Å². The highest BCUT2D eigenvalue weighted by Gasteiger charge is 2.13. The molecule has 5 nitrogen and oxygen atoms in total. The topological polar surface area (TPSA) is 54.2 Å². The molecule has 3 rings (SSSR count). The maximum Gasteiger partial charge on any atom is 0.191 e. The molecule has 28 heavy (non-hydrogen) atoms. The van der Waals surface area contributed by atoms with Crippen molar-refractivity contribution < 1.29 is 4.39 Å². The molecule has 0 aliphatic carbocycles. The standard InChI is InChI=1S/C22H26FN5/c1-4-24-22(25-14-18-9-8-10-19(23)13-18)26-15-21-16(2)27-28(17(21)3)20-11-6-5-7-12-20/h5-13H,4,14-15H2,1-3H3,(H2,24,25,26).